The summed E-state index contributed by atoms with van der Waals surface area (Å²) in [7, 11) is 1.76. The van der Waals surface area contributed by atoms with Crippen molar-refractivity contribution in [1.29, 1.82) is 0 Å². The first kappa shape index (κ1) is 13.5. The molecule has 1 aliphatic rings. The van der Waals surface area contributed by atoms with E-state index in [4.69, 9.17) is 10.6 Å². The third-order valence-electron chi connectivity index (χ3n) is 4.06. The Bertz CT molecular complexity index is 403. The minimum absolute atomic E-state index is 0.125. The molecule has 0 aliphatic heterocycles. The fraction of sp³-hybridized carbons (Fsp3) is 0.600. The van der Waals surface area contributed by atoms with Gasteiger partial charge in [-0.3, -0.25) is 11.3 Å². The van der Waals surface area contributed by atoms with Crippen LogP contribution in [0.4, 0.5) is 0 Å². The average Bonchev–Trinajstić information content (AvgIpc) is 2.34. The largest absolute Gasteiger partial charge is 0.379 e. The fourth-order valence-corrected chi connectivity index (χ4v) is 2.80. The van der Waals surface area contributed by atoms with Gasteiger partial charge in [0.25, 0.3) is 0 Å². The van der Waals surface area contributed by atoms with Gasteiger partial charge in [-0.15, -0.1) is 0 Å². The molecule has 2 rings (SSSR count). The summed E-state index contributed by atoms with van der Waals surface area (Å²) < 4.78 is 5.48. The van der Waals surface area contributed by atoms with Crippen LogP contribution >= 0.6 is 0 Å². The summed E-state index contributed by atoms with van der Waals surface area (Å²) in [5.74, 6) is 6.32. The SMILES string of the molecule is COC(C)(C)CC(CC1Cc2ccccc21)NN. The Kier molecular flexibility index (Phi) is 4.05. The molecule has 1 aliphatic carbocycles. The van der Waals surface area contributed by atoms with E-state index < -0.39 is 0 Å². The number of hydrogen-bond acceptors (Lipinski definition) is 3. The van der Waals surface area contributed by atoms with Crippen molar-refractivity contribution >= 4 is 0 Å². The number of nitrogens with two attached hydrogens (primary N) is 1. The number of hydrogen-bond donors (Lipinski definition) is 2. The number of nitrogens with one attached hydrogen (secondary N) is 1. The maximum atomic E-state index is 5.68. The van der Waals surface area contributed by atoms with Gasteiger partial charge in [0.2, 0.25) is 0 Å². The number of hydrazine groups is 1. The number of ether oxygens (including phenoxy) is 1. The van der Waals surface area contributed by atoms with Crippen molar-refractivity contribution in [3.8, 4) is 0 Å². The van der Waals surface area contributed by atoms with Crippen molar-refractivity contribution in [2.45, 2.75) is 50.7 Å². The van der Waals surface area contributed by atoms with Gasteiger partial charge in [0.1, 0.15) is 0 Å². The van der Waals surface area contributed by atoms with E-state index in [2.05, 4.69) is 43.5 Å². The van der Waals surface area contributed by atoms with E-state index >= 15 is 0 Å². The molecule has 0 radical (unpaired) electrons. The van der Waals surface area contributed by atoms with Crippen LogP contribution < -0.4 is 11.3 Å². The van der Waals surface area contributed by atoms with E-state index in [1.165, 1.54) is 17.5 Å². The molecule has 3 nitrogen and oxygen atoms in total. The molecule has 2 unspecified atom stereocenters. The Morgan fingerprint density at radius 1 is 1.44 bits per heavy atom. The fourth-order valence-electron chi connectivity index (χ4n) is 2.80. The van der Waals surface area contributed by atoms with E-state index in [1.807, 2.05) is 0 Å². The highest BCUT2D eigenvalue weighted by Gasteiger charge is 2.30. The maximum absolute atomic E-state index is 5.68. The first-order valence-electron chi connectivity index (χ1n) is 6.65. The molecular formula is C15H24N2O. The zero-order chi connectivity index (χ0) is 13.2. The second-order valence-corrected chi connectivity index (χ2v) is 5.87. The standard InChI is InChI=1S/C15H24N2O/c1-15(2,18-3)10-13(17-16)9-12-8-11-6-4-5-7-14(11)12/h4-7,12-13,17H,8-10,16H2,1-3H3. The highest BCUT2D eigenvalue weighted by molar-refractivity contribution is 5.39. The topological polar surface area (TPSA) is 47.3 Å². The van der Waals surface area contributed by atoms with E-state index in [0.717, 1.165) is 12.8 Å². The van der Waals surface area contributed by atoms with Gasteiger partial charge in [-0.25, -0.2) is 0 Å². The second-order valence-electron chi connectivity index (χ2n) is 5.87. The van der Waals surface area contributed by atoms with Crippen LogP contribution in [0, 0.1) is 0 Å². The quantitative estimate of drug-likeness (QED) is 0.600. The van der Waals surface area contributed by atoms with Gasteiger partial charge in [-0.2, -0.15) is 0 Å². The van der Waals surface area contributed by atoms with Crippen molar-refractivity contribution < 1.29 is 4.74 Å². The molecule has 1 aromatic carbocycles. The lowest BCUT2D eigenvalue weighted by Crippen LogP contribution is -2.43. The van der Waals surface area contributed by atoms with Gasteiger partial charge in [-0.1, -0.05) is 24.3 Å². The second kappa shape index (κ2) is 5.39. The molecule has 0 saturated carbocycles. The lowest BCUT2D eigenvalue weighted by molar-refractivity contribution is 0.00560. The summed E-state index contributed by atoms with van der Waals surface area (Å²) in [4.78, 5) is 0. The predicted molar refractivity (Wildman–Crippen MR) is 74.3 cm³/mol. The van der Waals surface area contributed by atoms with Gasteiger partial charge in [-0.05, 0) is 50.2 Å². The zero-order valence-electron chi connectivity index (χ0n) is 11.6. The highest BCUT2D eigenvalue weighted by Crippen LogP contribution is 2.38. The molecule has 0 bridgehead atoms. The van der Waals surface area contributed by atoms with Crippen LogP contribution in [0.25, 0.3) is 0 Å². The van der Waals surface area contributed by atoms with Gasteiger partial charge >= 0.3 is 0 Å². The zero-order valence-corrected chi connectivity index (χ0v) is 11.6. The summed E-state index contributed by atoms with van der Waals surface area (Å²) in [5, 5.41) is 0. The maximum Gasteiger partial charge on any atom is 0.0638 e. The molecule has 0 heterocycles. The molecule has 0 amide bonds. The van der Waals surface area contributed by atoms with Crippen molar-refractivity contribution in [3.05, 3.63) is 35.4 Å². The lowest BCUT2D eigenvalue weighted by Gasteiger charge is -2.35. The molecule has 18 heavy (non-hydrogen) atoms. The van der Waals surface area contributed by atoms with Crippen LogP contribution in [0.5, 0.6) is 0 Å². The van der Waals surface area contributed by atoms with Crippen molar-refractivity contribution in [2.75, 3.05) is 7.11 Å². The minimum atomic E-state index is -0.125. The van der Waals surface area contributed by atoms with Crippen LogP contribution in [0.3, 0.4) is 0 Å². The van der Waals surface area contributed by atoms with Crippen molar-refractivity contribution in [1.82, 2.24) is 5.43 Å². The molecule has 3 N–H and O–H groups in total. The predicted octanol–water partition coefficient (Wildman–Crippen LogP) is 2.36. The van der Waals surface area contributed by atoms with Crippen LogP contribution in [0.2, 0.25) is 0 Å². The molecule has 0 saturated heterocycles. The summed E-state index contributed by atoms with van der Waals surface area (Å²) in [6.45, 7) is 4.21. The monoisotopic (exact) mass is 248 g/mol. The highest BCUT2D eigenvalue weighted by atomic mass is 16.5. The van der Waals surface area contributed by atoms with Crippen LogP contribution in [0.15, 0.2) is 24.3 Å². The number of benzene rings is 1. The number of methoxy groups -OCH3 is 1. The van der Waals surface area contributed by atoms with Gasteiger partial charge in [0, 0.05) is 13.2 Å². The Morgan fingerprint density at radius 3 is 2.78 bits per heavy atom. The third kappa shape index (κ3) is 2.91. The van der Waals surface area contributed by atoms with Crippen LogP contribution in [-0.2, 0) is 11.2 Å². The molecule has 3 heteroatoms. The van der Waals surface area contributed by atoms with E-state index in [-0.39, 0.29) is 5.60 Å². The van der Waals surface area contributed by atoms with Crippen molar-refractivity contribution in [2.24, 2.45) is 5.84 Å². The molecule has 0 aromatic heterocycles. The first-order valence-corrected chi connectivity index (χ1v) is 6.65. The van der Waals surface area contributed by atoms with Crippen molar-refractivity contribution in [3.63, 3.8) is 0 Å². The summed E-state index contributed by atoms with van der Waals surface area (Å²) in [6, 6.07) is 8.99. The van der Waals surface area contributed by atoms with Crippen LogP contribution in [0.1, 0.15) is 43.7 Å². The molecule has 100 valence electrons. The third-order valence-corrected chi connectivity index (χ3v) is 4.06. The Morgan fingerprint density at radius 2 is 2.17 bits per heavy atom. The van der Waals surface area contributed by atoms with Gasteiger partial charge in [0.05, 0.1) is 5.60 Å². The van der Waals surface area contributed by atoms with E-state index in [9.17, 15) is 0 Å². The molecule has 1 aromatic rings. The molecule has 0 fully saturated rings. The van der Waals surface area contributed by atoms with E-state index in [1.54, 1.807) is 7.11 Å². The summed E-state index contributed by atoms with van der Waals surface area (Å²) >= 11 is 0. The lowest BCUT2D eigenvalue weighted by atomic mass is 9.73. The summed E-state index contributed by atoms with van der Waals surface area (Å²) in [6.07, 6.45) is 3.20. The Labute approximate surface area is 110 Å². The van der Waals surface area contributed by atoms with Gasteiger partial charge < -0.3 is 4.74 Å². The smallest absolute Gasteiger partial charge is 0.0638 e. The number of fused-ring (bicyclic) bond motifs is 1. The Hall–Kier alpha value is -0.900. The molecule has 2 atom stereocenters. The number of rotatable bonds is 6. The van der Waals surface area contributed by atoms with Crippen LogP contribution in [-0.4, -0.2) is 18.8 Å². The molecule has 0 spiro atoms. The minimum Gasteiger partial charge on any atom is -0.379 e. The van der Waals surface area contributed by atoms with Gasteiger partial charge in [0.15, 0.2) is 0 Å². The Balaban J connectivity index is 1.93. The summed E-state index contributed by atoms with van der Waals surface area (Å²) in [5.41, 5.74) is 5.80. The average molecular weight is 248 g/mol. The van der Waals surface area contributed by atoms with E-state index in [0.29, 0.717) is 12.0 Å². The molecular weight excluding hydrogens is 224 g/mol. The first-order chi connectivity index (χ1) is 8.55. The normalized spacial score (nSPS) is 20.1.